The summed E-state index contributed by atoms with van der Waals surface area (Å²) in [6, 6.07) is 3.49. The number of sulfonamides is 1. The summed E-state index contributed by atoms with van der Waals surface area (Å²) in [7, 11) is -3.49. The Balaban J connectivity index is 1.91. The van der Waals surface area contributed by atoms with Gasteiger partial charge in [-0.05, 0) is 49.8 Å². The van der Waals surface area contributed by atoms with Gasteiger partial charge in [0.25, 0.3) is 0 Å². The number of aryl methyl sites for hydroxylation is 1. The fourth-order valence-electron chi connectivity index (χ4n) is 3.09. The molecule has 2 heterocycles. The van der Waals surface area contributed by atoms with Gasteiger partial charge < -0.3 is 10.1 Å². The van der Waals surface area contributed by atoms with Crippen LogP contribution in [0.15, 0.2) is 17.0 Å². The standard InChI is InChI=1S/C15H22N2O3S/c1-11-6-7-14(13-5-2-8-16-15(11)13)21(18,19)17-12-4-3-9-20-10-12/h6-7,12,16-17H,2-5,8-10H2,1H3. The van der Waals surface area contributed by atoms with Crippen LogP contribution < -0.4 is 10.0 Å². The Labute approximate surface area is 126 Å². The maximum atomic E-state index is 12.7. The molecule has 2 aliphatic heterocycles. The minimum atomic E-state index is -3.49. The van der Waals surface area contributed by atoms with Crippen molar-refractivity contribution in [2.45, 2.75) is 43.5 Å². The van der Waals surface area contributed by atoms with Crippen LogP contribution in [-0.2, 0) is 21.2 Å². The molecule has 2 N–H and O–H groups in total. The van der Waals surface area contributed by atoms with Crippen molar-refractivity contribution < 1.29 is 13.2 Å². The number of hydrogen-bond donors (Lipinski definition) is 2. The topological polar surface area (TPSA) is 67.4 Å². The van der Waals surface area contributed by atoms with E-state index >= 15 is 0 Å². The van der Waals surface area contributed by atoms with Crippen molar-refractivity contribution in [1.82, 2.24) is 4.72 Å². The zero-order chi connectivity index (χ0) is 14.9. The zero-order valence-electron chi connectivity index (χ0n) is 12.3. The first-order chi connectivity index (χ1) is 10.1. The molecular formula is C15H22N2O3S. The zero-order valence-corrected chi connectivity index (χ0v) is 13.1. The summed E-state index contributed by atoms with van der Waals surface area (Å²) in [4.78, 5) is 0.417. The quantitative estimate of drug-likeness (QED) is 0.893. The highest BCUT2D eigenvalue weighted by Gasteiger charge is 2.27. The van der Waals surface area contributed by atoms with Crippen molar-refractivity contribution in [3.63, 3.8) is 0 Å². The van der Waals surface area contributed by atoms with Gasteiger partial charge in [-0.25, -0.2) is 13.1 Å². The van der Waals surface area contributed by atoms with Crippen LogP contribution in [0, 0.1) is 6.92 Å². The Hall–Kier alpha value is -1.11. The summed E-state index contributed by atoms with van der Waals surface area (Å²) < 4.78 is 33.5. The van der Waals surface area contributed by atoms with Crippen molar-refractivity contribution in [3.05, 3.63) is 23.3 Å². The monoisotopic (exact) mass is 310 g/mol. The van der Waals surface area contributed by atoms with Crippen LogP contribution in [0.3, 0.4) is 0 Å². The molecule has 0 radical (unpaired) electrons. The van der Waals surface area contributed by atoms with Crippen LogP contribution in [0.2, 0.25) is 0 Å². The summed E-state index contributed by atoms with van der Waals surface area (Å²) in [6.45, 7) is 4.10. The predicted octanol–water partition coefficient (Wildman–Crippen LogP) is 1.81. The highest BCUT2D eigenvalue weighted by molar-refractivity contribution is 7.89. The van der Waals surface area contributed by atoms with E-state index in [4.69, 9.17) is 4.74 Å². The summed E-state index contributed by atoms with van der Waals surface area (Å²) >= 11 is 0. The Morgan fingerprint density at radius 1 is 1.33 bits per heavy atom. The number of fused-ring (bicyclic) bond motifs is 1. The Kier molecular flexibility index (Phi) is 4.19. The number of anilines is 1. The molecule has 21 heavy (non-hydrogen) atoms. The number of rotatable bonds is 3. The molecule has 0 bridgehead atoms. The highest BCUT2D eigenvalue weighted by atomic mass is 32.2. The molecule has 1 aromatic rings. The molecule has 0 saturated carbocycles. The van der Waals surface area contributed by atoms with Gasteiger partial charge >= 0.3 is 0 Å². The van der Waals surface area contributed by atoms with E-state index in [2.05, 4.69) is 10.0 Å². The van der Waals surface area contributed by atoms with Gasteiger partial charge in [-0.2, -0.15) is 0 Å². The predicted molar refractivity (Wildman–Crippen MR) is 82.2 cm³/mol. The fourth-order valence-corrected chi connectivity index (χ4v) is 4.61. The molecule has 1 unspecified atom stereocenters. The first-order valence-electron chi connectivity index (χ1n) is 7.54. The first-order valence-corrected chi connectivity index (χ1v) is 9.03. The minimum absolute atomic E-state index is 0.114. The lowest BCUT2D eigenvalue weighted by Crippen LogP contribution is -2.41. The molecule has 1 aromatic carbocycles. The lowest BCUT2D eigenvalue weighted by molar-refractivity contribution is 0.0774. The molecule has 1 atom stereocenters. The van der Waals surface area contributed by atoms with E-state index in [1.54, 1.807) is 6.07 Å². The van der Waals surface area contributed by atoms with Gasteiger partial charge in [-0.3, -0.25) is 0 Å². The molecule has 6 heteroatoms. The van der Waals surface area contributed by atoms with Crippen molar-refractivity contribution in [2.75, 3.05) is 25.1 Å². The Morgan fingerprint density at radius 2 is 2.19 bits per heavy atom. The van der Waals surface area contributed by atoms with Crippen LogP contribution in [0.1, 0.15) is 30.4 Å². The van der Waals surface area contributed by atoms with Gasteiger partial charge in [0.1, 0.15) is 0 Å². The van der Waals surface area contributed by atoms with Crippen molar-refractivity contribution in [3.8, 4) is 0 Å². The van der Waals surface area contributed by atoms with E-state index in [9.17, 15) is 8.42 Å². The largest absolute Gasteiger partial charge is 0.385 e. The molecule has 5 nitrogen and oxygen atoms in total. The van der Waals surface area contributed by atoms with Crippen molar-refractivity contribution >= 4 is 15.7 Å². The van der Waals surface area contributed by atoms with Crippen molar-refractivity contribution in [1.29, 1.82) is 0 Å². The van der Waals surface area contributed by atoms with Gasteiger partial charge in [-0.15, -0.1) is 0 Å². The van der Waals surface area contributed by atoms with Gasteiger partial charge in [0, 0.05) is 24.9 Å². The second kappa shape index (κ2) is 5.94. The lowest BCUT2D eigenvalue weighted by atomic mass is 10.00. The number of benzene rings is 1. The Morgan fingerprint density at radius 3 is 2.95 bits per heavy atom. The third kappa shape index (κ3) is 3.07. The van der Waals surface area contributed by atoms with Crippen LogP contribution >= 0.6 is 0 Å². The van der Waals surface area contributed by atoms with E-state index in [0.29, 0.717) is 11.5 Å². The lowest BCUT2D eigenvalue weighted by Gasteiger charge is -2.26. The van der Waals surface area contributed by atoms with Gasteiger partial charge in [0.2, 0.25) is 10.0 Å². The number of hydrogen-bond acceptors (Lipinski definition) is 4. The van der Waals surface area contributed by atoms with E-state index in [1.807, 2.05) is 13.0 Å². The summed E-state index contributed by atoms with van der Waals surface area (Å²) in [5.74, 6) is 0. The molecule has 3 rings (SSSR count). The maximum Gasteiger partial charge on any atom is 0.241 e. The molecular weight excluding hydrogens is 288 g/mol. The second-order valence-corrected chi connectivity index (χ2v) is 7.48. The Bertz CT molecular complexity index is 622. The van der Waals surface area contributed by atoms with Crippen LogP contribution in [-0.4, -0.2) is 34.2 Å². The molecule has 0 aliphatic carbocycles. The highest BCUT2D eigenvalue weighted by Crippen LogP contribution is 2.31. The minimum Gasteiger partial charge on any atom is -0.385 e. The van der Waals surface area contributed by atoms with Crippen molar-refractivity contribution in [2.24, 2.45) is 0 Å². The summed E-state index contributed by atoms with van der Waals surface area (Å²) in [5, 5.41) is 3.33. The molecule has 1 fully saturated rings. The molecule has 2 aliphatic rings. The molecule has 0 amide bonds. The van der Waals surface area contributed by atoms with Crippen LogP contribution in [0.4, 0.5) is 5.69 Å². The summed E-state index contributed by atoms with van der Waals surface area (Å²) in [6.07, 6.45) is 3.51. The average Bonchev–Trinajstić information content (AvgIpc) is 2.48. The molecule has 0 aromatic heterocycles. The third-order valence-electron chi connectivity index (χ3n) is 4.16. The van der Waals surface area contributed by atoms with Gasteiger partial charge in [-0.1, -0.05) is 6.07 Å². The van der Waals surface area contributed by atoms with Gasteiger partial charge in [0.05, 0.1) is 11.5 Å². The van der Waals surface area contributed by atoms with E-state index in [-0.39, 0.29) is 6.04 Å². The van der Waals surface area contributed by atoms with E-state index in [0.717, 1.165) is 55.6 Å². The molecule has 0 spiro atoms. The van der Waals surface area contributed by atoms with Gasteiger partial charge in [0.15, 0.2) is 0 Å². The first kappa shape index (κ1) is 14.8. The average molecular weight is 310 g/mol. The van der Waals surface area contributed by atoms with Crippen LogP contribution in [0.5, 0.6) is 0 Å². The number of ether oxygens (including phenoxy) is 1. The smallest absolute Gasteiger partial charge is 0.241 e. The molecule has 1 saturated heterocycles. The molecule has 116 valence electrons. The number of nitrogens with one attached hydrogen (secondary N) is 2. The third-order valence-corrected chi connectivity index (χ3v) is 5.76. The fraction of sp³-hybridized carbons (Fsp3) is 0.600. The maximum absolute atomic E-state index is 12.7. The van der Waals surface area contributed by atoms with E-state index in [1.165, 1.54) is 0 Å². The normalized spacial score (nSPS) is 22.4. The van der Waals surface area contributed by atoms with Crippen LogP contribution in [0.25, 0.3) is 0 Å². The SMILES string of the molecule is Cc1ccc(S(=O)(=O)NC2CCCOC2)c2c1NCCC2. The second-order valence-electron chi connectivity index (χ2n) is 5.80. The summed E-state index contributed by atoms with van der Waals surface area (Å²) in [5.41, 5.74) is 3.01. The van der Waals surface area contributed by atoms with E-state index < -0.39 is 10.0 Å².